The Bertz CT molecular complexity index is 490. The smallest absolute Gasteiger partial charge is 0.326 e. The Morgan fingerprint density at radius 1 is 1.44 bits per heavy atom. The van der Waals surface area contributed by atoms with Gasteiger partial charge < -0.3 is 15.0 Å². The summed E-state index contributed by atoms with van der Waals surface area (Å²) >= 11 is 0. The van der Waals surface area contributed by atoms with E-state index in [1.54, 1.807) is 0 Å². The van der Waals surface area contributed by atoms with Gasteiger partial charge in [-0.2, -0.15) is 0 Å². The highest BCUT2D eigenvalue weighted by molar-refractivity contribution is 5.92. The Labute approximate surface area is 89.7 Å². The zero-order chi connectivity index (χ0) is 11.7. The molecule has 0 radical (unpaired) electrons. The Balaban J connectivity index is 2.27. The molecule has 7 heteroatoms. The number of hydrogen-bond donors (Lipinski definition) is 3. The average Bonchev–Trinajstić information content (AvgIpc) is 2.62. The van der Waals surface area contributed by atoms with E-state index in [4.69, 9.17) is 0 Å². The first-order valence-electron chi connectivity index (χ1n) is 4.87. The number of nitrogens with zero attached hydrogens (tertiary/aromatic N) is 1. The van der Waals surface area contributed by atoms with E-state index < -0.39 is 23.3 Å². The van der Waals surface area contributed by atoms with Crippen LogP contribution in [0.1, 0.15) is 16.9 Å². The molecule has 1 saturated heterocycles. The van der Waals surface area contributed by atoms with Crippen LogP contribution in [0.4, 0.5) is 0 Å². The van der Waals surface area contributed by atoms with Crippen molar-refractivity contribution in [1.29, 1.82) is 0 Å². The van der Waals surface area contributed by atoms with Crippen molar-refractivity contribution in [3.63, 3.8) is 0 Å². The average molecular weight is 225 g/mol. The van der Waals surface area contributed by atoms with Gasteiger partial charge in [0.1, 0.15) is 5.69 Å². The fraction of sp³-hybridized carbons (Fsp3) is 0.444. The third-order valence-electron chi connectivity index (χ3n) is 2.44. The largest absolute Gasteiger partial charge is 0.391 e. The summed E-state index contributed by atoms with van der Waals surface area (Å²) in [5, 5.41) is 9.27. The van der Waals surface area contributed by atoms with Crippen LogP contribution in [0, 0.1) is 0 Å². The summed E-state index contributed by atoms with van der Waals surface area (Å²) in [6.07, 6.45) is -0.0169. The molecule has 1 aromatic heterocycles. The second kappa shape index (κ2) is 3.93. The van der Waals surface area contributed by atoms with Crippen molar-refractivity contribution < 1.29 is 9.90 Å². The van der Waals surface area contributed by atoms with Crippen molar-refractivity contribution in [2.75, 3.05) is 13.1 Å². The van der Waals surface area contributed by atoms with Crippen LogP contribution < -0.4 is 11.2 Å². The lowest BCUT2D eigenvalue weighted by atomic mass is 10.3. The van der Waals surface area contributed by atoms with Crippen molar-refractivity contribution in [2.45, 2.75) is 12.5 Å². The van der Waals surface area contributed by atoms with Crippen molar-refractivity contribution in [3.8, 4) is 0 Å². The van der Waals surface area contributed by atoms with Crippen molar-refractivity contribution in [1.82, 2.24) is 14.9 Å². The molecule has 0 aromatic carbocycles. The number of carbonyl (C=O) groups excluding carboxylic acids is 1. The Morgan fingerprint density at radius 3 is 2.75 bits per heavy atom. The molecule has 1 aliphatic heterocycles. The van der Waals surface area contributed by atoms with Gasteiger partial charge in [0.15, 0.2) is 0 Å². The molecule has 1 aromatic rings. The SMILES string of the molecule is O=C(c1cc(=O)[nH]c(=O)[nH]1)N1CC[C@@H](O)C1. The van der Waals surface area contributed by atoms with E-state index >= 15 is 0 Å². The fourth-order valence-electron chi connectivity index (χ4n) is 1.68. The summed E-state index contributed by atoms with van der Waals surface area (Å²) in [5.41, 5.74) is -1.38. The number of aliphatic hydroxyl groups excluding tert-OH is 1. The van der Waals surface area contributed by atoms with Crippen LogP contribution in [-0.2, 0) is 0 Å². The summed E-state index contributed by atoms with van der Waals surface area (Å²) < 4.78 is 0. The number of aromatic amines is 2. The topological polar surface area (TPSA) is 106 Å². The number of rotatable bonds is 1. The highest BCUT2D eigenvalue weighted by Gasteiger charge is 2.26. The molecule has 2 rings (SSSR count). The van der Waals surface area contributed by atoms with Gasteiger partial charge in [-0.05, 0) is 6.42 Å². The molecule has 0 aliphatic carbocycles. The van der Waals surface area contributed by atoms with Crippen molar-refractivity contribution in [2.24, 2.45) is 0 Å². The number of hydrogen-bond acceptors (Lipinski definition) is 4. The predicted octanol–water partition coefficient (Wildman–Crippen LogP) is -1.73. The molecule has 0 spiro atoms. The molecule has 1 fully saturated rings. The van der Waals surface area contributed by atoms with Crippen LogP contribution >= 0.6 is 0 Å². The molecule has 1 amide bonds. The van der Waals surface area contributed by atoms with Crippen LogP contribution in [-0.4, -0.2) is 45.1 Å². The van der Waals surface area contributed by atoms with Crippen LogP contribution in [0.25, 0.3) is 0 Å². The number of nitrogens with one attached hydrogen (secondary N) is 2. The molecular weight excluding hydrogens is 214 g/mol. The molecule has 1 atom stereocenters. The molecule has 1 aliphatic rings. The number of β-amino-alcohol motifs (C(OH)–C–C–N with tert-alkyl or cyclic N) is 1. The first-order chi connectivity index (χ1) is 7.56. The van der Waals surface area contributed by atoms with E-state index in [1.165, 1.54) is 4.90 Å². The van der Waals surface area contributed by atoms with Gasteiger partial charge in [-0.25, -0.2) is 4.79 Å². The first kappa shape index (κ1) is 10.6. The minimum atomic E-state index is -0.712. The highest BCUT2D eigenvalue weighted by Crippen LogP contribution is 2.10. The van der Waals surface area contributed by atoms with Gasteiger partial charge >= 0.3 is 5.69 Å². The number of aromatic nitrogens is 2. The van der Waals surface area contributed by atoms with Crippen molar-refractivity contribution >= 4 is 5.91 Å². The normalized spacial score (nSPS) is 20.1. The van der Waals surface area contributed by atoms with Crippen LogP contribution in [0.2, 0.25) is 0 Å². The maximum atomic E-state index is 11.8. The second-order valence-corrected chi connectivity index (χ2v) is 3.70. The predicted molar refractivity (Wildman–Crippen MR) is 54.2 cm³/mol. The summed E-state index contributed by atoms with van der Waals surface area (Å²) in [6.45, 7) is 0.655. The summed E-state index contributed by atoms with van der Waals surface area (Å²) in [7, 11) is 0. The third-order valence-corrected chi connectivity index (χ3v) is 2.44. The Hall–Kier alpha value is -1.89. The molecule has 86 valence electrons. The quantitative estimate of drug-likeness (QED) is 0.528. The monoisotopic (exact) mass is 225 g/mol. The minimum absolute atomic E-state index is 0.0529. The van der Waals surface area contributed by atoms with Gasteiger partial charge in [0.05, 0.1) is 6.10 Å². The zero-order valence-corrected chi connectivity index (χ0v) is 8.40. The number of likely N-dealkylation sites (tertiary alicyclic amines) is 1. The Morgan fingerprint density at radius 2 is 2.19 bits per heavy atom. The standard InChI is InChI=1S/C9H11N3O4/c13-5-1-2-12(4-5)8(15)6-3-7(14)11-9(16)10-6/h3,5,13H,1-2,4H2,(H2,10,11,14,16)/t5-/m1/s1. The van der Waals surface area contributed by atoms with Crippen LogP contribution in [0.3, 0.4) is 0 Å². The van der Waals surface area contributed by atoms with Crippen LogP contribution in [0.5, 0.6) is 0 Å². The molecule has 2 heterocycles. The summed E-state index contributed by atoms with van der Waals surface area (Å²) in [6, 6.07) is 1.04. The van der Waals surface area contributed by atoms with E-state index in [-0.39, 0.29) is 12.2 Å². The molecule has 0 bridgehead atoms. The lowest BCUT2D eigenvalue weighted by Crippen LogP contribution is -2.34. The van der Waals surface area contributed by atoms with E-state index in [0.717, 1.165) is 6.07 Å². The maximum Gasteiger partial charge on any atom is 0.326 e. The van der Waals surface area contributed by atoms with Gasteiger partial charge in [-0.3, -0.25) is 14.6 Å². The Kier molecular flexibility index (Phi) is 2.61. The molecule has 0 saturated carbocycles. The van der Waals surface area contributed by atoms with Crippen LogP contribution in [0.15, 0.2) is 15.7 Å². The number of aliphatic hydroxyl groups is 1. The number of amides is 1. The van der Waals surface area contributed by atoms with Crippen molar-refractivity contribution in [3.05, 3.63) is 32.6 Å². The van der Waals surface area contributed by atoms with Gasteiger partial charge in [-0.1, -0.05) is 0 Å². The van der Waals surface area contributed by atoms with Gasteiger partial charge in [0.2, 0.25) is 0 Å². The second-order valence-electron chi connectivity index (χ2n) is 3.70. The fourth-order valence-corrected chi connectivity index (χ4v) is 1.68. The molecule has 16 heavy (non-hydrogen) atoms. The zero-order valence-electron chi connectivity index (χ0n) is 8.40. The lowest BCUT2D eigenvalue weighted by molar-refractivity contribution is 0.0758. The van der Waals surface area contributed by atoms with Gasteiger partial charge in [-0.15, -0.1) is 0 Å². The van der Waals surface area contributed by atoms with E-state index in [0.29, 0.717) is 13.0 Å². The maximum absolute atomic E-state index is 11.8. The van der Waals surface area contributed by atoms with E-state index in [9.17, 15) is 19.5 Å². The molecule has 7 nitrogen and oxygen atoms in total. The third kappa shape index (κ3) is 2.03. The first-order valence-corrected chi connectivity index (χ1v) is 4.87. The lowest BCUT2D eigenvalue weighted by Gasteiger charge is -2.14. The van der Waals surface area contributed by atoms with Gasteiger partial charge in [0.25, 0.3) is 11.5 Å². The molecule has 3 N–H and O–H groups in total. The van der Waals surface area contributed by atoms with E-state index in [1.807, 2.05) is 4.98 Å². The van der Waals surface area contributed by atoms with Gasteiger partial charge in [0, 0.05) is 19.2 Å². The number of H-pyrrole nitrogens is 2. The highest BCUT2D eigenvalue weighted by atomic mass is 16.3. The molecular formula is C9H11N3O4. The summed E-state index contributed by atoms with van der Waals surface area (Å²) in [4.78, 5) is 39.4. The van der Waals surface area contributed by atoms with E-state index in [2.05, 4.69) is 4.98 Å². The summed E-state index contributed by atoms with van der Waals surface area (Å²) in [5.74, 6) is -0.445. The molecule has 0 unspecified atom stereocenters. The number of carbonyl (C=O) groups is 1. The minimum Gasteiger partial charge on any atom is -0.391 e.